The minimum atomic E-state index is -0.641. The number of nitriles is 1. The number of rotatable bonds is 3. The van der Waals surface area contributed by atoms with Crippen LogP contribution in [0.3, 0.4) is 0 Å². The van der Waals surface area contributed by atoms with Gasteiger partial charge in [-0.2, -0.15) is 10.4 Å². The minimum absolute atomic E-state index is 0.0490. The van der Waals surface area contributed by atoms with Crippen molar-refractivity contribution in [2.75, 3.05) is 31.1 Å². The molecule has 9 heteroatoms. The third-order valence-electron chi connectivity index (χ3n) is 7.72. The fourth-order valence-corrected chi connectivity index (χ4v) is 5.54. The first-order chi connectivity index (χ1) is 17.5. The Hall–Kier alpha value is -4.03. The average molecular weight is 484 g/mol. The van der Waals surface area contributed by atoms with E-state index in [9.17, 15) is 14.4 Å². The molecule has 2 saturated heterocycles. The highest BCUT2D eigenvalue weighted by atomic mass is 19.1. The van der Waals surface area contributed by atoms with Crippen molar-refractivity contribution in [2.45, 2.75) is 19.3 Å². The third-order valence-corrected chi connectivity index (χ3v) is 7.72. The first-order valence-corrected chi connectivity index (χ1v) is 12.2. The molecule has 1 N–H and O–H groups in total. The second-order valence-electron chi connectivity index (χ2n) is 9.84. The largest absolute Gasteiger partial charge is 0.356 e. The lowest BCUT2D eigenvalue weighted by molar-refractivity contribution is 0.247. The molecule has 0 amide bonds. The Bertz CT molecular complexity index is 1570. The standard InChI is InChI=1S/C27H26FN7O/c1-33-23-5-4-21(12-20(23)16-31-33)35-25(36)14-24(34-10-7-27(8-11-34)6-9-30-17-27)32-26(35)18-2-3-19(15-29)22(28)13-18/h2-5,12-14,16,30H,6-11,17H2,1H3. The third kappa shape index (κ3) is 3.74. The Morgan fingerprint density at radius 1 is 1.11 bits per heavy atom. The molecule has 1 spiro atoms. The lowest BCUT2D eigenvalue weighted by Gasteiger charge is -2.39. The fraction of sp³-hybridized carbons (Fsp3) is 0.333. The molecule has 0 saturated carbocycles. The maximum Gasteiger partial charge on any atom is 0.260 e. The average Bonchev–Trinajstić information content (AvgIpc) is 3.50. The first-order valence-electron chi connectivity index (χ1n) is 12.2. The van der Waals surface area contributed by atoms with Crippen molar-refractivity contribution >= 4 is 16.7 Å². The van der Waals surface area contributed by atoms with Crippen molar-refractivity contribution in [3.63, 3.8) is 0 Å². The molecular weight excluding hydrogens is 457 g/mol. The lowest BCUT2D eigenvalue weighted by atomic mass is 9.78. The van der Waals surface area contributed by atoms with Gasteiger partial charge in [-0.25, -0.2) is 9.37 Å². The van der Waals surface area contributed by atoms with Gasteiger partial charge in [-0.15, -0.1) is 0 Å². The number of hydrogen-bond donors (Lipinski definition) is 1. The molecule has 0 radical (unpaired) electrons. The molecule has 182 valence electrons. The van der Waals surface area contributed by atoms with Crippen LogP contribution in [0.15, 0.2) is 53.5 Å². The number of piperidine rings is 1. The van der Waals surface area contributed by atoms with E-state index in [1.807, 2.05) is 31.3 Å². The molecule has 0 unspecified atom stereocenters. The van der Waals surface area contributed by atoms with E-state index in [1.54, 1.807) is 23.0 Å². The van der Waals surface area contributed by atoms with E-state index in [4.69, 9.17) is 4.98 Å². The highest BCUT2D eigenvalue weighted by Gasteiger charge is 2.37. The Labute approximate surface area is 207 Å². The van der Waals surface area contributed by atoms with Gasteiger partial charge in [-0.05, 0) is 67.6 Å². The summed E-state index contributed by atoms with van der Waals surface area (Å²) in [5.74, 6) is 0.295. The van der Waals surface area contributed by atoms with E-state index < -0.39 is 5.82 Å². The molecule has 2 aliphatic heterocycles. The van der Waals surface area contributed by atoms with Gasteiger partial charge in [-0.3, -0.25) is 14.0 Å². The molecule has 4 aromatic rings. The quantitative estimate of drug-likeness (QED) is 0.480. The predicted octanol–water partition coefficient (Wildman–Crippen LogP) is 3.38. The summed E-state index contributed by atoms with van der Waals surface area (Å²) in [7, 11) is 1.86. The number of hydrogen-bond acceptors (Lipinski definition) is 6. The van der Waals surface area contributed by atoms with Crippen LogP contribution in [0.5, 0.6) is 0 Å². The summed E-state index contributed by atoms with van der Waals surface area (Å²) in [6.07, 6.45) is 5.02. The van der Waals surface area contributed by atoms with Gasteiger partial charge in [0.05, 0.1) is 23.0 Å². The first kappa shape index (κ1) is 22.4. The Morgan fingerprint density at radius 2 is 1.94 bits per heavy atom. The summed E-state index contributed by atoms with van der Waals surface area (Å²) in [6, 6.07) is 13.4. The van der Waals surface area contributed by atoms with Crippen molar-refractivity contribution in [1.82, 2.24) is 24.6 Å². The molecule has 2 aromatic carbocycles. The number of aromatic nitrogens is 4. The van der Waals surface area contributed by atoms with E-state index in [2.05, 4.69) is 15.3 Å². The van der Waals surface area contributed by atoms with Gasteiger partial charge in [-0.1, -0.05) is 0 Å². The minimum Gasteiger partial charge on any atom is -0.356 e. The Kier molecular flexibility index (Phi) is 5.34. The molecule has 0 atom stereocenters. The van der Waals surface area contributed by atoms with Crippen LogP contribution in [0.4, 0.5) is 10.2 Å². The predicted molar refractivity (Wildman–Crippen MR) is 136 cm³/mol. The molecule has 0 bridgehead atoms. The highest BCUT2D eigenvalue weighted by molar-refractivity contribution is 5.81. The van der Waals surface area contributed by atoms with E-state index in [0.29, 0.717) is 28.3 Å². The van der Waals surface area contributed by atoms with Gasteiger partial charge >= 0.3 is 0 Å². The van der Waals surface area contributed by atoms with Crippen LogP contribution < -0.4 is 15.8 Å². The van der Waals surface area contributed by atoms with Gasteiger partial charge in [0.15, 0.2) is 0 Å². The van der Waals surface area contributed by atoms with Crippen LogP contribution in [-0.2, 0) is 7.05 Å². The molecule has 6 rings (SSSR count). The summed E-state index contributed by atoms with van der Waals surface area (Å²) >= 11 is 0. The molecular formula is C27H26FN7O. The molecule has 2 aromatic heterocycles. The van der Waals surface area contributed by atoms with Gasteiger partial charge in [0.1, 0.15) is 23.5 Å². The second-order valence-corrected chi connectivity index (χ2v) is 9.84. The molecule has 0 aliphatic carbocycles. The number of benzene rings is 2. The smallest absolute Gasteiger partial charge is 0.260 e. The number of anilines is 1. The van der Waals surface area contributed by atoms with Crippen molar-refractivity contribution < 1.29 is 4.39 Å². The van der Waals surface area contributed by atoms with E-state index in [-0.39, 0.29) is 11.1 Å². The summed E-state index contributed by atoms with van der Waals surface area (Å²) in [4.78, 5) is 20.7. The number of nitrogens with one attached hydrogen (secondary N) is 1. The van der Waals surface area contributed by atoms with Crippen LogP contribution in [0.1, 0.15) is 24.8 Å². The van der Waals surface area contributed by atoms with Crippen LogP contribution in [-0.4, -0.2) is 45.5 Å². The molecule has 8 nitrogen and oxygen atoms in total. The second kappa shape index (κ2) is 8.57. The van der Waals surface area contributed by atoms with Crippen molar-refractivity contribution in [3.8, 4) is 23.1 Å². The van der Waals surface area contributed by atoms with Crippen LogP contribution in [0, 0.1) is 22.6 Å². The van der Waals surface area contributed by atoms with Crippen molar-refractivity contribution in [3.05, 3.63) is 70.4 Å². The lowest BCUT2D eigenvalue weighted by Crippen LogP contribution is -2.42. The maximum absolute atomic E-state index is 14.6. The van der Waals surface area contributed by atoms with E-state index >= 15 is 0 Å². The summed E-state index contributed by atoms with van der Waals surface area (Å²) in [6.45, 7) is 3.74. The summed E-state index contributed by atoms with van der Waals surface area (Å²) < 4.78 is 17.9. The molecule has 4 heterocycles. The van der Waals surface area contributed by atoms with Gasteiger partial charge < -0.3 is 10.2 Å². The summed E-state index contributed by atoms with van der Waals surface area (Å²) in [5.41, 5.74) is 2.03. The fourth-order valence-electron chi connectivity index (χ4n) is 5.54. The van der Waals surface area contributed by atoms with Gasteiger partial charge in [0.2, 0.25) is 0 Å². The maximum atomic E-state index is 14.6. The van der Waals surface area contributed by atoms with Gasteiger partial charge in [0, 0.05) is 43.7 Å². The monoisotopic (exact) mass is 483 g/mol. The number of aryl methyl sites for hydroxylation is 1. The topological polar surface area (TPSA) is 91.8 Å². The highest BCUT2D eigenvalue weighted by Crippen LogP contribution is 2.38. The Balaban J connectivity index is 1.47. The zero-order valence-electron chi connectivity index (χ0n) is 20.0. The van der Waals surface area contributed by atoms with Crippen molar-refractivity contribution in [1.29, 1.82) is 5.26 Å². The number of nitrogens with zero attached hydrogens (tertiary/aromatic N) is 6. The van der Waals surface area contributed by atoms with Crippen LogP contribution in [0.2, 0.25) is 0 Å². The summed E-state index contributed by atoms with van der Waals surface area (Å²) in [5, 5.41) is 17.8. The number of halogens is 1. The molecule has 36 heavy (non-hydrogen) atoms. The van der Waals surface area contributed by atoms with Crippen molar-refractivity contribution in [2.24, 2.45) is 12.5 Å². The van der Waals surface area contributed by atoms with E-state index in [1.165, 1.54) is 23.1 Å². The number of fused-ring (bicyclic) bond motifs is 1. The Morgan fingerprint density at radius 3 is 2.67 bits per heavy atom. The molecule has 2 aliphatic rings. The zero-order chi connectivity index (χ0) is 24.9. The SMILES string of the molecule is Cn1ncc2cc(-n3c(-c4ccc(C#N)c(F)c4)nc(N4CCC5(CCNC5)CC4)cc3=O)ccc21. The van der Waals surface area contributed by atoms with Crippen LogP contribution >= 0.6 is 0 Å². The normalized spacial score (nSPS) is 17.1. The zero-order valence-corrected chi connectivity index (χ0v) is 20.0. The van der Waals surface area contributed by atoms with E-state index in [0.717, 1.165) is 49.9 Å². The van der Waals surface area contributed by atoms with Crippen LogP contribution in [0.25, 0.3) is 28.0 Å². The van der Waals surface area contributed by atoms with Gasteiger partial charge in [0.25, 0.3) is 5.56 Å². The molecule has 2 fully saturated rings.